The molecule has 0 unspecified atom stereocenters. The maximum atomic E-state index is 12.9. The first-order valence-electron chi connectivity index (χ1n) is 6.64. The Labute approximate surface area is 122 Å². The number of nitrogens with one attached hydrogen (secondary N) is 1. The number of para-hydroxylation sites is 1. The Morgan fingerprint density at radius 3 is 2.62 bits per heavy atom. The van der Waals surface area contributed by atoms with Crippen molar-refractivity contribution in [3.8, 4) is 0 Å². The Kier molecular flexibility index (Phi) is 3.60. The third kappa shape index (κ3) is 2.89. The highest BCUT2D eigenvalue weighted by atomic mass is 19.1. The van der Waals surface area contributed by atoms with Crippen molar-refractivity contribution in [3.05, 3.63) is 72.2 Å². The minimum atomic E-state index is -0.252. The zero-order valence-electron chi connectivity index (χ0n) is 11.5. The molecule has 0 amide bonds. The number of halogens is 1. The maximum Gasteiger partial charge on any atom is 0.123 e. The first kappa shape index (κ1) is 13.2. The van der Waals surface area contributed by atoms with Gasteiger partial charge < -0.3 is 0 Å². The topological polar surface area (TPSA) is 37.3 Å². The molecule has 1 N–H and O–H groups in total. The number of benzene rings is 2. The van der Waals surface area contributed by atoms with Gasteiger partial charge in [-0.25, -0.2) is 4.39 Å². The van der Waals surface area contributed by atoms with Gasteiger partial charge in [0.25, 0.3) is 0 Å². The van der Waals surface area contributed by atoms with Crippen LogP contribution in [0.3, 0.4) is 0 Å². The van der Waals surface area contributed by atoms with Crippen molar-refractivity contribution >= 4 is 22.3 Å². The van der Waals surface area contributed by atoms with Gasteiger partial charge in [0.05, 0.1) is 16.9 Å². The minimum absolute atomic E-state index is 0.252. The molecule has 0 bridgehead atoms. The molecule has 0 aliphatic heterocycles. The van der Waals surface area contributed by atoms with Crippen LogP contribution in [0, 0.1) is 5.82 Å². The molecule has 0 fully saturated rings. The molecular formula is C17H14FN3. The van der Waals surface area contributed by atoms with Crippen molar-refractivity contribution in [3.63, 3.8) is 0 Å². The molecule has 1 aromatic heterocycles. The number of pyridine rings is 1. The van der Waals surface area contributed by atoms with Crippen LogP contribution in [0.2, 0.25) is 0 Å². The second kappa shape index (κ2) is 5.71. The molecule has 3 rings (SSSR count). The summed E-state index contributed by atoms with van der Waals surface area (Å²) in [6, 6.07) is 16.1. The van der Waals surface area contributed by atoms with Gasteiger partial charge in [-0.1, -0.05) is 30.3 Å². The molecule has 104 valence electrons. The van der Waals surface area contributed by atoms with Crippen LogP contribution in [-0.4, -0.2) is 10.7 Å². The van der Waals surface area contributed by atoms with Crippen LogP contribution in [0.1, 0.15) is 12.5 Å². The number of hydrogen-bond donors (Lipinski definition) is 1. The zero-order valence-corrected chi connectivity index (χ0v) is 11.5. The third-order valence-corrected chi connectivity index (χ3v) is 3.24. The van der Waals surface area contributed by atoms with E-state index in [0.29, 0.717) is 0 Å². The Morgan fingerprint density at radius 2 is 1.81 bits per heavy atom. The molecule has 0 atom stereocenters. The van der Waals surface area contributed by atoms with E-state index in [2.05, 4.69) is 15.5 Å². The lowest BCUT2D eigenvalue weighted by Crippen LogP contribution is -2.00. The summed E-state index contributed by atoms with van der Waals surface area (Å²) in [5, 5.41) is 5.40. The first-order valence-corrected chi connectivity index (χ1v) is 6.64. The Hall–Kier alpha value is -2.75. The highest BCUT2D eigenvalue weighted by molar-refractivity contribution is 5.99. The van der Waals surface area contributed by atoms with E-state index in [0.717, 1.165) is 27.9 Å². The number of hydrogen-bond acceptors (Lipinski definition) is 3. The van der Waals surface area contributed by atoms with E-state index in [1.54, 1.807) is 18.3 Å². The van der Waals surface area contributed by atoms with E-state index in [1.165, 1.54) is 12.1 Å². The number of aromatic nitrogens is 1. The Bertz CT molecular complexity index is 789. The summed E-state index contributed by atoms with van der Waals surface area (Å²) in [6.07, 6.45) is 1.75. The summed E-state index contributed by atoms with van der Waals surface area (Å²) < 4.78 is 12.9. The second-order valence-electron chi connectivity index (χ2n) is 4.70. The lowest BCUT2D eigenvalue weighted by molar-refractivity contribution is 0.628. The van der Waals surface area contributed by atoms with Gasteiger partial charge in [0.1, 0.15) is 5.82 Å². The zero-order chi connectivity index (χ0) is 14.7. The number of nitrogens with zero attached hydrogens (tertiary/aromatic N) is 2. The normalized spacial score (nSPS) is 11.6. The van der Waals surface area contributed by atoms with Crippen molar-refractivity contribution < 1.29 is 4.39 Å². The van der Waals surface area contributed by atoms with Crippen molar-refractivity contribution in [1.82, 2.24) is 4.98 Å². The summed E-state index contributed by atoms with van der Waals surface area (Å²) in [4.78, 5) is 4.36. The molecule has 0 radical (unpaired) electrons. The van der Waals surface area contributed by atoms with Crippen molar-refractivity contribution in [2.24, 2.45) is 5.10 Å². The Balaban J connectivity index is 1.88. The maximum absolute atomic E-state index is 12.9. The van der Waals surface area contributed by atoms with Crippen LogP contribution in [-0.2, 0) is 0 Å². The standard InChI is InChI=1S/C17H14FN3/c1-12(13-7-9-15(18)10-8-13)20-21-16-6-2-4-14-5-3-11-19-17(14)16/h2-11,21H,1H3/b20-12+. The molecule has 0 aliphatic rings. The fraction of sp³-hybridized carbons (Fsp3) is 0.0588. The number of fused-ring (bicyclic) bond motifs is 1. The summed E-state index contributed by atoms with van der Waals surface area (Å²) in [5.41, 5.74) is 6.40. The molecule has 3 nitrogen and oxygen atoms in total. The number of anilines is 1. The molecule has 0 spiro atoms. The molecule has 0 saturated carbocycles. The third-order valence-electron chi connectivity index (χ3n) is 3.24. The minimum Gasteiger partial charge on any atom is -0.276 e. The summed E-state index contributed by atoms with van der Waals surface area (Å²) in [6.45, 7) is 1.87. The van der Waals surface area contributed by atoms with Crippen LogP contribution in [0.15, 0.2) is 65.9 Å². The molecule has 2 aromatic carbocycles. The van der Waals surface area contributed by atoms with E-state index in [4.69, 9.17) is 0 Å². The SMILES string of the molecule is C/C(=N\Nc1cccc2cccnc12)c1ccc(F)cc1. The summed E-state index contributed by atoms with van der Waals surface area (Å²) in [5.74, 6) is -0.252. The molecule has 21 heavy (non-hydrogen) atoms. The van der Waals surface area contributed by atoms with Gasteiger partial charge in [0.15, 0.2) is 0 Å². The van der Waals surface area contributed by atoms with E-state index in [1.807, 2.05) is 37.3 Å². The highest BCUT2D eigenvalue weighted by Gasteiger charge is 2.01. The number of hydrazone groups is 1. The number of rotatable bonds is 3. The lowest BCUT2D eigenvalue weighted by atomic mass is 10.1. The molecule has 0 saturated heterocycles. The molecule has 4 heteroatoms. The van der Waals surface area contributed by atoms with Gasteiger partial charge >= 0.3 is 0 Å². The van der Waals surface area contributed by atoms with Crippen LogP contribution >= 0.6 is 0 Å². The molecule has 1 heterocycles. The summed E-state index contributed by atoms with van der Waals surface area (Å²) in [7, 11) is 0. The lowest BCUT2D eigenvalue weighted by Gasteiger charge is -2.06. The quantitative estimate of drug-likeness (QED) is 0.576. The van der Waals surface area contributed by atoms with Gasteiger partial charge in [0, 0.05) is 11.6 Å². The van der Waals surface area contributed by atoms with E-state index in [-0.39, 0.29) is 5.82 Å². The predicted molar refractivity (Wildman–Crippen MR) is 84.0 cm³/mol. The molecule has 3 aromatic rings. The van der Waals surface area contributed by atoms with E-state index in [9.17, 15) is 4.39 Å². The van der Waals surface area contributed by atoms with Gasteiger partial charge in [-0.3, -0.25) is 10.4 Å². The largest absolute Gasteiger partial charge is 0.276 e. The van der Waals surface area contributed by atoms with E-state index < -0.39 is 0 Å². The second-order valence-corrected chi connectivity index (χ2v) is 4.70. The summed E-state index contributed by atoms with van der Waals surface area (Å²) >= 11 is 0. The van der Waals surface area contributed by atoms with E-state index >= 15 is 0 Å². The average molecular weight is 279 g/mol. The van der Waals surface area contributed by atoms with Gasteiger partial charge in [-0.15, -0.1) is 0 Å². The average Bonchev–Trinajstić information content (AvgIpc) is 2.53. The van der Waals surface area contributed by atoms with Gasteiger partial charge in [-0.2, -0.15) is 5.10 Å². The van der Waals surface area contributed by atoms with Gasteiger partial charge in [0.2, 0.25) is 0 Å². The fourth-order valence-electron chi connectivity index (χ4n) is 2.09. The molecule has 0 aliphatic carbocycles. The van der Waals surface area contributed by atoms with Crippen molar-refractivity contribution in [2.45, 2.75) is 6.92 Å². The van der Waals surface area contributed by atoms with Crippen LogP contribution in [0.4, 0.5) is 10.1 Å². The monoisotopic (exact) mass is 279 g/mol. The molecular weight excluding hydrogens is 265 g/mol. The van der Waals surface area contributed by atoms with Crippen molar-refractivity contribution in [1.29, 1.82) is 0 Å². The smallest absolute Gasteiger partial charge is 0.123 e. The van der Waals surface area contributed by atoms with Gasteiger partial charge in [-0.05, 0) is 36.8 Å². The van der Waals surface area contributed by atoms with Crippen LogP contribution < -0.4 is 5.43 Å². The highest BCUT2D eigenvalue weighted by Crippen LogP contribution is 2.20. The van der Waals surface area contributed by atoms with Crippen LogP contribution in [0.25, 0.3) is 10.9 Å². The predicted octanol–water partition coefficient (Wildman–Crippen LogP) is 4.21. The van der Waals surface area contributed by atoms with Crippen molar-refractivity contribution in [2.75, 3.05) is 5.43 Å². The van der Waals surface area contributed by atoms with Crippen LogP contribution in [0.5, 0.6) is 0 Å². The fourth-order valence-corrected chi connectivity index (χ4v) is 2.09. The first-order chi connectivity index (χ1) is 10.2. The Morgan fingerprint density at radius 1 is 1.05 bits per heavy atom.